The molecule has 0 unspecified atom stereocenters. The van der Waals surface area contributed by atoms with Crippen LogP contribution in [0, 0.1) is 17.2 Å². The van der Waals surface area contributed by atoms with Crippen LogP contribution >= 0.6 is 0 Å². The molecule has 3 rings (SSSR count). The summed E-state index contributed by atoms with van der Waals surface area (Å²) >= 11 is 0. The lowest BCUT2D eigenvalue weighted by molar-refractivity contribution is 0.311. The van der Waals surface area contributed by atoms with Crippen molar-refractivity contribution >= 4 is 12.4 Å². The smallest absolute Gasteiger partial charge is 0.121 e. The van der Waals surface area contributed by atoms with E-state index in [0.717, 1.165) is 48.7 Å². The Morgan fingerprint density at radius 3 is 2.83 bits per heavy atom. The van der Waals surface area contributed by atoms with Gasteiger partial charge in [0.25, 0.3) is 0 Å². The minimum absolute atomic E-state index is 0.666. The van der Waals surface area contributed by atoms with Crippen LogP contribution in [0.2, 0.25) is 0 Å². The van der Waals surface area contributed by atoms with Gasteiger partial charge in [-0.25, -0.2) is 0 Å². The van der Waals surface area contributed by atoms with Gasteiger partial charge in [0.1, 0.15) is 5.75 Å². The lowest BCUT2D eigenvalue weighted by atomic mass is 9.99. The molecule has 0 N–H and O–H groups in total. The van der Waals surface area contributed by atoms with E-state index >= 15 is 0 Å². The molecule has 0 amide bonds. The number of aryl methyl sites for hydroxylation is 2. The monoisotopic (exact) mass is 387 g/mol. The van der Waals surface area contributed by atoms with Crippen molar-refractivity contribution in [3.63, 3.8) is 0 Å². The summed E-state index contributed by atoms with van der Waals surface area (Å²) in [5.74, 6) is 1.66. The molecule has 1 aliphatic rings. The van der Waals surface area contributed by atoms with Gasteiger partial charge in [0.15, 0.2) is 0 Å². The highest BCUT2D eigenvalue weighted by atomic mass is 16.5. The zero-order chi connectivity index (χ0) is 20.5. The van der Waals surface area contributed by atoms with Crippen molar-refractivity contribution in [3.05, 3.63) is 71.6 Å². The Bertz CT molecular complexity index is 893. The summed E-state index contributed by atoms with van der Waals surface area (Å²) in [5.41, 5.74) is 4.41. The molecular weight excluding hydrogens is 358 g/mol. The number of rotatable bonds is 11. The van der Waals surface area contributed by atoms with Crippen LogP contribution in [0.15, 0.2) is 59.9 Å². The summed E-state index contributed by atoms with van der Waals surface area (Å²) in [6, 6.07) is 16.4. The molecule has 4 heteroatoms. The Kier molecular flexibility index (Phi) is 7.47. The fourth-order valence-electron chi connectivity index (χ4n) is 3.43. The second-order valence-corrected chi connectivity index (χ2v) is 7.47. The molecule has 1 saturated carbocycles. The van der Waals surface area contributed by atoms with Crippen LogP contribution in [0.25, 0.3) is 0 Å². The third-order valence-corrected chi connectivity index (χ3v) is 5.23. The summed E-state index contributed by atoms with van der Waals surface area (Å²) in [7, 11) is 0. The van der Waals surface area contributed by atoms with Crippen LogP contribution in [-0.4, -0.2) is 19.9 Å². The normalized spacial score (nSPS) is 13.2. The van der Waals surface area contributed by atoms with E-state index in [9.17, 15) is 0 Å². The minimum atomic E-state index is 0.666. The van der Waals surface area contributed by atoms with E-state index in [1.807, 2.05) is 30.5 Å². The average Bonchev–Trinajstić information content (AvgIpc) is 3.58. The molecule has 0 bridgehead atoms. The lowest BCUT2D eigenvalue weighted by Crippen LogP contribution is -2.18. The van der Waals surface area contributed by atoms with Crippen molar-refractivity contribution in [2.45, 2.75) is 39.0 Å². The zero-order valence-corrected chi connectivity index (χ0v) is 17.2. The molecule has 0 aliphatic heterocycles. The largest absolute Gasteiger partial charge is 0.494 e. The molecule has 0 aromatic heterocycles. The summed E-state index contributed by atoms with van der Waals surface area (Å²) in [6.07, 6.45) is 9.16. The number of benzene rings is 2. The van der Waals surface area contributed by atoms with Crippen molar-refractivity contribution in [1.29, 1.82) is 5.26 Å². The third-order valence-electron chi connectivity index (χ3n) is 5.23. The zero-order valence-electron chi connectivity index (χ0n) is 17.2. The highest BCUT2D eigenvalue weighted by Crippen LogP contribution is 2.32. The number of nitrogens with zero attached hydrogens (tertiary/aromatic N) is 3. The topological polar surface area (TPSA) is 48.6 Å². The number of anilines is 1. The molecule has 4 nitrogen and oxygen atoms in total. The van der Waals surface area contributed by atoms with E-state index in [1.165, 1.54) is 24.0 Å². The first kappa shape index (κ1) is 20.7. The average molecular weight is 388 g/mol. The molecule has 150 valence electrons. The first-order valence-electron chi connectivity index (χ1n) is 10.4. The van der Waals surface area contributed by atoms with Gasteiger partial charge in [-0.3, -0.25) is 4.99 Å². The fraction of sp³-hybridized carbons (Fsp3) is 0.360. The predicted octanol–water partition coefficient (Wildman–Crippen LogP) is 5.52. The van der Waals surface area contributed by atoms with Gasteiger partial charge >= 0.3 is 0 Å². The summed E-state index contributed by atoms with van der Waals surface area (Å²) in [5, 5.41) is 9.06. The van der Waals surface area contributed by atoms with E-state index in [0.29, 0.717) is 6.61 Å². The van der Waals surface area contributed by atoms with E-state index in [1.54, 1.807) is 6.20 Å². The Morgan fingerprint density at radius 1 is 1.24 bits per heavy atom. The number of hydrogen-bond acceptors (Lipinski definition) is 4. The van der Waals surface area contributed by atoms with E-state index in [4.69, 9.17) is 10.00 Å². The maximum Gasteiger partial charge on any atom is 0.121 e. The van der Waals surface area contributed by atoms with Gasteiger partial charge in [0.2, 0.25) is 0 Å². The molecule has 0 saturated heterocycles. The van der Waals surface area contributed by atoms with Gasteiger partial charge in [0, 0.05) is 30.7 Å². The van der Waals surface area contributed by atoms with Crippen LogP contribution in [0.1, 0.15) is 42.9 Å². The molecule has 2 aromatic rings. The second-order valence-electron chi connectivity index (χ2n) is 7.47. The highest BCUT2D eigenvalue weighted by Gasteiger charge is 2.23. The standard InChI is InChI=1S/C25H29N3O/c1-3-22-16-21(18-26)11-12-23(22)6-5-15-29-25-8-4-7-24(17-25)28(14-13-27-2)19-20-9-10-20/h4,7-8,11-14,16-17,20H,2-3,5-6,9-10,15,19H2,1H3/b14-13-. The predicted molar refractivity (Wildman–Crippen MR) is 120 cm³/mol. The Hall–Kier alpha value is -3.06. The summed E-state index contributed by atoms with van der Waals surface area (Å²) in [4.78, 5) is 6.07. The Morgan fingerprint density at radius 2 is 2.10 bits per heavy atom. The SMILES string of the molecule is C=N/C=C\N(CC1CC1)c1cccc(OCCCc2ccc(C#N)cc2CC)c1. The summed E-state index contributed by atoms with van der Waals surface area (Å²) in [6.45, 7) is 7.34. The first-order valence-corrected chi connectivity index (χ1v) is 10.4. The molecule has 29 heavy (non-hydrogen) atoms. The Labute approximate surface area is 174 Å². The lowest BCUT2D eigenvalue weighted by Gasteiger charge is -2.21. The molecule has 0 radical (unpaired) electrons. The number of aliphatic imine (C=N–C) groups is 1. The van der Waals surface area contributed by atoms with Crippen LogP contribution in [0.3, 0.4) is 0 Å². The third kappa shape index (κ3) is 6.22. The number of ether oxygens (including phenoxy) is 1. The second kappa shape index (κ2) is 10.5. The van der Waals surface area contributed by atoms with Crippen molar-refractivity contribution in [1.82, 2.24) is 0 Å². The molecule has 0 heterocycles. The Balaban J connectivity index is 1.56. The van der Waals surface area contributed by atoms with Crippen LogP contribution in [0.5, 0.6) is 5.75 Å². The highest BCUT2D eigenvalue weighted by molar-refractivity contribution is 5.53. The molecule has 2 aromatic carbocycles. The molecule has 0 atom stereocenters. The minimum Gasteiger partial charge on any atom is -0.494 e. The van der Waals surface area contributed by atoms with Crippen molar-refractivity contribution in [2.75, 3.05) is 18.1 Å². The quantitative estimate of drug-likeness (QED) is 0.377. The van der Waals surface area contributed by atoms with Gasteiger partial charge in [0.05, 0.1) is 18.2 Å². The van der Waals surface area contributed by atoms with Crippen LogP contribution < -0.4 is 9.64 Å². The molecule has 1 fully saturated rings. The van der Waals surface area contributed by atoms with Gasteiger partial charge < -0.3 is 9.64 Å². The van der Waals surface area contributed by atoms with Crippen molar-refractivity contribution in [3.8, 4) is 11.8 Å². The van der Waals surface area contributed by atoms with Crippen molar-refractivity contribution in [2.24, 2.45) is 10.9 Å². The molecular formula is C25H29N3O. The van der Waals surface area contributed by atoms with Gasteiger partial charge in [-0.05, 0) is 80.1 Å². The maximum absolute atomic E-state index is 9.06. The first-order chi connectivity index (χ1) is 14.2. The number of nitriles is 1. The summed E-state index contributed by atoms with van der Waals surface area (Å²) < 4.78 is 6.02. The van der Waals surface area contributed by atoms with Crippen molar-refractivity contribution < 1.29 is 4.74 Å². The van der Waals surface area contributed by atoms with Gasteiger partial charge in [-0.15, -0.1) is 0 Å². The maximum atomic E-state index is 9.06. The molecule has 0 spiro atoms. The van der Waals surface area contributed by atoms with Gasteiger partial charge in [-0.2, -0.15) is 5.26 Å². The number of hydrogen-bond donors (Lipinski definition) is 0. The van der Waals surface area contributed by atoms with Crippen LogP contribution in [0.4, 0.5) is 5.69 Å². The van der Waals surface area contributed by atoms with E-state index in [-0.39, 0.29) is 0 Å². The molecule has 1 aliphatic carbocycles. The van der Waals surface area contributed by atoms with Gasteiger partial charge in [-0.1, -0.05) is 19.1 Å². The van der Waals surface area contributed by atoms with E-state index < -0.39 is 0 Å². The van der Waals surface area contributed by atoms with E-state index in [2.05, 4.69) is 47.8 Å². The fourth-order valence-corrected chi connectivity index (χ4v) is 3.43. The van der Waals surface area contributed by atoms with Crippen LogP contribution in [-0.2, 0) is 12.8 Å².